The second kappa shape index (κ2) is 6.61. The lowest BCUT2D eigenvalue weighted by molar-refractivity contribution is 0.0916. The molecule has 0 spiro atoms. The Morgan fingerprint density at radius 2 is 1.71 bits per heavy atom. The molecule has 1 aromatic carbocycles. The van der Waals surface area contributed by atoms with Crippen LogP contribution in [-0.4, -0.2) is 22.5 Å². The number of hydrogen-bond acceptors (Lipinski definition) is 3. The Morgan fingerprint density at radius 1 is 1.24 bits per heavy atom. The van der Waals surface area contributed by atoms with E-state index in [1.807, 2.05) is 46.8 Å². The number of oxime groups is 1. The van der Waals surface area contributed by atoms with Crippen LogP contribution in [0.25, 0.3) is 0 Å². The highest BCUT2D eigenvalue weighted by atomic mass is 16.4. The molecule has 0 aromatic heterocycles. The molecule has 0 saturated carbocycles. The molecule has 116 valence electrons. The van der Waals surface area contributed by atoms with Gasteiger partial charge in [0.1, 0.15) is 5.54 Å². The van der Waals surface area contributed by atoms with Gasteiger partial charge in [-0.3, -0.25) is 4.79 Å². The molecule has 0 saturated heterocycles. The third-order valence-electron chi connectivity index (χ3n) is 4.06. The van der Waals surface area contributed by atoms with E-state index in [0.29, 0.717) is 18.4 Å². The summed E-state index contributed by atoms with van der Waals surface area (Å²) in [4.78, 5) is 12.6. The number of benzene rings is 1. The molecule has 5 heteroatoms. The lowest BCUT2D eigenvalue weighted by Gasteiger charge is -2.31. The topological polar surface area (TPSA) is 87.7 Å². The molecule has 1 aromatic rings. The van der Waals surface area contributed by atoms with Crippen LogP contribution in [0.1, 0.15) is 53.7 Å². The molecule has 0 fully saturated rings. The lowest BCUT2D eigenvalue weighted by atomic mass is 9.90. The molecule has 0 bridgehead atoms. The highest BCUT2D eigenvalue weighted by molar-refractivity contribution is 6.02. The summed E-state index contributed by atoms with van der Waals surface area (Å²) in [5.74, 6) is -0.163. The van der Waals surface area contributed by atoms with E-state index in [9.17, 15) is 4.79 Å². The summed E-state index contributed by atoms with van der Waals surface area (Å²) in [6.45, 7) is 9.63. The molecule has 0 aliphatic rings. The first-order valence-electron chi connectivity index (χ1n) is 7.19. The Hall–Kier alpha value is -2.04. The third kappa shape index (κ3) is 3.35. The van der Waals surface area contributed by atoms with Gasteiger partial charge in [-0.2, -0.15) is 0 Å². The summed E-state index contributed by atoms with van der Waals surface area (Å²) in [7, 11) is 0. The van der Waals surface area contributed by atoms with Gasteiger partial charge in [0.25, 0.3) is 5.91 Å². The van der Waals surface area contributed by atoms with E-state index < -0.39 is 5.54 Å². The van der Waals surface area contributed by atoms with E-state index in [2.05, 4.69) is 10.5 Å². The second-order valence-corrected chi connectivity index (χ2v) is 5.50. The molecule has 1 rings (SSSR count). The smallest absolute Gasteiger partial charge is 0.252 e. The first kappa shape index (κ1) is 17.0. The zero-order valence-electron chi connectivity index (χ0n) is 13.4. The fraction of sp³-hybridized carbons (Fsp3) is 0.500. The van der Waals surface area contributed by atoms with Crippen molar-refractivity contribution >= 4 is 11.7 Å². The van der Waals surface area contributed by atoms with Crippen molar-refractivity contribution < 1.29 is 10.0 Å². The quantitative estimate of drug-likeness (QED) is 0.337. The number of nitrogens with two attached hydrogens (primary N) is 1. The van der Waals surface area contributed by atoms with E-state index >= 15 is 0 Å². The number of nitrogens with zero attached hydrogens (tertiary/aromatic N) is 1. The molecule has 0 radical (unpaired) electrons. The van der Waals surface area contributed by atoms with Crippen molar-refractivity contribution in [2.75, 3.05) is 0 Å². The number of carbonyl (C=O) groups is 1. The molecule has 0 aliphatic carbocycles. The third-order valence-corrected chi connectivity index (χ3v) is 4.06. The van der Waals surface area contributed by atoms with Gasteiger partial charge in [-0.05, 0) is 44.7 Å². The van der Waals surface area contributed by atoms with Crippen LogP contribution in [0.2, 0.25) is 0 Å². The first-order valence-corrected chi connectivity index (χ1v) is 7.19. The van der Waals surface area contributed by atoms with Gasteiger partial charge in [-0.25, -0.2) is 0 Å². The number of amides is 1. The normalized spacial score (nSPS) is 12.3. The maximum atomic E-state index is 12.6. The Balaban J connectivity index is 3.21. The van der Waals surface area contributed by atoms with E-state index in [0.717, 1.165) is 16.7 Å². The van der Waals surface area contributed by atoms with E-state index in [-0.39, 0.29) is 11.7 Å². The number of carbonyl (C=O) groups excluding carboxylic acids is 1. The molecular formula is C16H25N3O2. The number of rotatable bonds is 5. The van der Waals surface area contributed by atoms with Gasteiger partial charge in [-0.1, -0.05) is 36.7 Å². The Morgan fingerprint density at radius 3 is 2.10 bits per heavy atom. The van der Waals surface area contributed by atoms with Crippen molar-refractivity contribution in [3.63, 3.8) is 0 Å². The summed E-state index contributed by atoms with van der Waals surface area (Å²) < 4.78 is 0. The summed E-state index contributed by atoms with van der Waals surface area (Å²) in [6, 6.07) is 3.95. The van der Waals surface area contributed by atoms with Crippen molar-refractivity contribution in [2.24, 2.45) is 10.9 Å². The van der Waals surface area contributed by atoms with Crippen molar-refractivity contribution in [1.29, 1.82) is 0 Å². The van der Waals surface area contributed by atoms with Crippen molar-refractivity contribution in [3.8, 4) is 0 Å². The molecule has 4 N–H and O–H groups in total. The van der Waals surface area contributed by atoms with E-state index in [4.69, 9.17) is 10.9 Å². The van der Waals surface area contributed by atoms with Crippen LogP contribution in [0, 0.1) is 20.8 Å². The maximum absolute atomic E-state index is 12.6. The van der Waals surface area contributed by atoms with E-state index in [1.165, 1.54) is 0 Å². The second-order valence-electron chi connectivity index (χ2n) is 5.50. The van der Waals surface area contributed by atoms with Gasteiger partial charge >= 0.3 is 0 Å². The minimum Gasteiger partial charge on any atom is -0.409 e. The van der Waals surface area contributed by atoms with Gasteiger partial charge in [0, 0.05) is 5.56 Å². The standard InChI is InChI=1S/C16H25N3O2/c1-6-16(7-2,15(17)19-21)18-14(20)13-11(4)8-10(3)9-12(13)5/h8-9,21H,6-7H2,1-5H3,(H2,17,19)(H,18,20). The van der Waals surface area contributed by atoms with Crippen molar-refractivity contribution in [1.82, 2.24) is 5.32 Å². The van der Waals surface area contributed by atoms with Crippen LogP contribution in [0.15, 0.2) is 17.3 Å². The molecule has 0 unspecified atom stereocenters. The molecule has 0 aliphatic heterocycles. The summed E-state index contributed by atoms with van der Waals surface area (Å²) in [5, 5.41) is 15.0. The van der Waals surface area contributed by atoms with Crippen molar-refractivity contribution in [3.05, 3.63) is 34.4 Å². The van der Waals surface area contributed by atoms with Crippen LogP contribution in [0.3, 0.4) is 0 Å². The molecule has 21 heavy (non-hydrogen) atoms. The van der Waals surface area contributed by atoms with Crippen LogP contribution in [0.4, 0.5) is 0 Å². The molecule has 5 nitrogen and oxygen atoms in total. The van der Waals surface area contributed by atoms with Gasteiger partial charge < -0.3 is 16.3 Å². The zero-order chi connectivity index (χ0) is 16.2. The fourth-order valence-electron chi connectivity index (χ4n) is 2.77. The average Bonchev–Trinajstić information content (AvgIpc) is 2.42. The first-order chi connectivity index (χ1) is 9.81. The lowest BCUT2D eigenvalue weighted by Crippen LogP contribution is -2.57. The minimum absolute atomic E-state index is 0.0308. The largest absolute Gasteiger partial charge is 0.409 e. The Labute approximate surface area is 126 Å². The molecule has 1 amide bonds. The van der Waals surface area contributed by atoms with Crippen molar-refractivity contribution in [2.45, 2.75) is 53.0 Å². The summed E-state index contributed by atoms with van der Waals surface area (Å²) >= 11 is 0. The highest BCUT2D eigenvalue weighted by Gasteiger charge is 2.34. The number of amidine groups is 1. The van der Waals surface area contributed by atoms with Gasteiger partial charge in [-0.15, -0.1) is 0 Å². The monoisotopic (exact) mass is 291 g/mol. The van der Waals surface area contributed by atoms with Crippen LogP contribution in [0.5, 0.6) is 0 Å². The van der Waals surface area contributed by atoms with Crippen LogP contribution < -0.4 is 11.1 Å². The molecule has 0 heterocycles. The van der Waals surface area contributed by atoms with Crippen LogP contribution >= 0.6 is 0 Å². The summed E-state index contributed by atoms with van der Waals surface area (Å²) in [5.41, 5.74) is 8.58. The maximum Gasteiger partial charge on any atom is 0.252 e. The Kier molecular flexibility index (Phi) is 5.35. The van der Waals surface area contributed by atoms with Gasteiger partial charge in [0.15, 0.2) is 5.84 Å². The summed E-state index contributed by atoms with van der Waals surface area (Å²) in [6.07, 6.45) is 1.10. The van der Waals surface area contributed by atoms with Gasteiger partial charge in [0.2, 0.25) is 0 Å². The fourth-order valence-corrected chi connectivity index (χ4v) is 2.77. The predicted molar refractivity (Wildman–Crippen MR) is 84.8 cm³/mol. The molecular weight excluding hydrogens is 266 g/mol. The number of hydrogen-bond donors (Lipinski definition) is 3. The highest BCUT2D eigenvalue weighted by Crippen LogP contribution is 2.20. The predicted octanol–water partition coefficient (Wildman–Crippen LogP) is 2.65. The Bertz CT molecular complexity index is 538. The van der Waals surface area contributed by atoms with Gasteiger partial charge in [0.05, 0.1) is 0 Å². The molecule has 0 atom stereocenters. The average molecular weight is 291 g/mol. The van der Waals surface area contributed by atoms with Crippen LogP contribution in [-0.2, 0) is 0 Å². The van der Waals surface area contributed by atoms with E-state index in [1.54, 1.807) is 0 Å². The minimum atomic E-state index is -0.824. The number of nitrogens with one attached hydrogen (secondary N) is 1. The zero-order valence-corrected chi connectivity index (χ0v) is 13.4. The SMILES string of the molecule is CCC(CC)(NC(=O)c1c(C)cc(C)cc1C)/C(N)=N/O. The number of aryl methyl sites for hydroxylation is 3.